The second-order valence-corrected chi connectivity index (χ2v) is 10.4. The van der Waals surface area contributed by atoms with Crippen LogP contribution in [0.5, 0.6) is 0 Å². The number of nitro benzene ring substituents is 1. The quantitative estimate of drug-likeness (QED) is 0.130. The van der Waals surface area contributed by atoms with Gasteiger partial charge in [-0.1, -0.05) is 36.7 Å². The van der Waals surface area contributed by atoms with Gasteiger partial charge in [0, 0.05) is 44.2 Å². The topological polar surface area (TPSA) is 114 Å². The first kappa shape index (κ1) is 26.3. The van der Waals surface area contributed by atoms with Crippen LogP contribution in [0.3, 0.4) is 0 Å². The standard InChI is InChI=1S/C26H21ClN4O4S2/c1-2-23(25(33)30-26-29-22(15-36-26)16-6-10-18(27)11-7-16)37-21-5-3-4-19(14-21)28-24(32)17-8-12-20(13-9-17)31(34)35/h3-15,23H,2H2,1H3,(H,28,32)(H,29,30,33). The molecule has 0 aliphatic carbocycles. The number of amides is 2. The van der Waals surface area contributed by atoms with Crippen LogP contribution in [0.4, 0.5) is 16.5 Å². The average Bonchev–Trinajstić information content (AvgIpc) is 3.36. The molecular formula is C26H21ClN4O4S2. The number of nitrogens with zero attached hydrogens (tertiary/aromatic N) is 2. The molecule has 1 atom stereocenters. The number of thiazole rings is 1. The number of thioether (sulfide) groups is 1. The largest absolute Gasteiger partial charge is 0.322 e. The van der Waals surface area contributed by atoms with Crippen molar-refractivity contribution in [1.82, 2.24) is 4.98 Å². The van der Waals surface area contributed by atoms with E-state index in [1.54, 1.807) is 30.3 Å². The van der Waals surface area contributed by atoms with Crippen LogP contribution in [0.1, 0.15) is 23.7 Å². The third-order valence-corrected chi connectivity index (χ3v) is 7.62. The molecule has 0 saturated carbocycles. The summed E-state index contributed by atoms with van der Waals surface area (Å²) < 4.78 is 0. The zero-order valence-electron chi connectivity index (χ0n) is 19.5. The fourth-order valence-electron chi connectivity index (χ4n) is 3.34. The Morgan fingerprint density at radius 2 is 1.81 bits per heavy atom. The van der Waals surface area contributed by atoms with Crippen LogP contribution in [0.25, 0.3) is 11.3 Å². The van der Waals surface area contributed by atoms with E-state index < -0.39 is 4.92 Å². The normalized spacial score (nSPS) is 11.5. The summed E-state index contributed by atoms with van der Waals surface area (Å²) in [5.74, 6) is -0.549. The van der Waals surface area contributed by atoms with Crippen molar-refractivity contribution >= 4 is 63.0 Å². The first-order valence-corrected chi connectivity index (χ1v) is 13.3. The number of nitrogens with one attached hydrogen (secondary N) is 2. The number of benzene rings is 3. The van der Waals surface area contributed by atoms with Crippen LogP contribution in [0.15, 0.2) is 83.1 Å². The second-order valence-electron chi connectivity index (χ2n) is 7.83. The number of aromatic nitrogens is 1. The molecule has 0 bridgehead atoms. The highest BCUT2D eigenvalue weighted by Gasteiger charge is 2.20. The Balaban J connectivity index is 1.38. The molecule has 11 heteroatoms. The minimum absolute atomic E-state index is 0.0854. The molecule has 188 valence electrons. The summed E-state index contributed by atoms with van der Waals surface area (Å²) in [5.41, 5.74) is 2.44. The lowest BCUT2D eigenvalue weighted by Crippen LogP contribution is -2.24. The molecule has 1 aromatic heterocycles. The Bertz CT molecular complexity index is 1430. The monoisotopic (exact) mass is 552 g/mol. The molecule has 0 aliphatic heterocycles. The van der Waals surface area contributed by atoms with Gasteiger partial charge in [-0.3, -0.25) is 19.7 Å². The maximum Gasteiger partial charge on any atom is 0.269 e. The van der Waals surface area contributed by atoms with Gasteiger partial charge in [-0.25, -0.2) is 4.98 Å². The zero-order valence-corrected chi connectivity index (χ0v) is 21.9. The maximum absolute atomic E-state index is 13.0. The molecule has 4 aromatic rings. The highest BCUT2D eigenvalue weighted by atomic mass is 35.5. The highest BCUT2D eigenvalue weighted by molar-refractivity contribution is 8.00. The summed E-state index contributed by atoms with van der Waals surface area (Å²) in [6.45, 7) is 1.93. The van der Waals surface area contributed by atoms with E-state index in [2.05, 4.69) is 15.6 Å². The molecule has 0 saturated heterocycles. The predicted molar refractivity (Wildman–Crippen MR) is 149 cm³/mol. The SMILES string of the molecule is CCC(Sc1cccc(NC(=O)c2ccc([N+](=O)[O-])cc2)c1)C(=O)Nc1nc(-c2ccc(Cl)cc2)cs1. The van der Waals surface area contributed by atoms with Gasteiger partial charge in [0.1, 0.15) is 0 Å². The van der Waals surface area contributed by atoms with E-state index >= 15 is 0 Å². The zero-order chi connectivity index (χ0) is 26.4. The minimum Gasteiger partial charge on any atom is -0.322 e. The maximum atomic E-state index is 13.0. The Morgan fingerprint density at radius 1 is 1.08 bits per heavy atom. The highest BCUT2D eigenvalue weighted by Crippen LogP contribution is 2.30. The molecule has 1 heterocycles. The summed E-state index contributed by atoms with van der Waals surface area (Å²) in [6.07, 6.45) is 0.589. The molecule has 2 N–H and O–H groups in total. The van der Waals surface area contributed by atoms with E-state index in [0.29, 0.717) is 27.8 Å². The lowest BCUT2D eigenvalue weighted by Gasteiger charge is -2.14. The van der Waals surface area contributed by atoms with E-state index in [1.165, 1.54) is 47.4 Å². The van der Waals surface area contributed by atoms with Gasteiger partial charge in [0.15, 0.2) is 5.13 Å². The van der Waals surface area contributed by atoms with Gasteiger partial charge in [0.25, 0.3) is 11.6 Å². The van der Waals surface area contributed by atoms with Gasteiger partial charge < -0.3 is 10.6 Å². The van der Waals surface area contributed by atoms with Crippen LogP contribution in [-0.4, -0.2) is 27.0 Å². The predicted octanol–water partition coefficient (Wildman–Crippen LogP) is 7.13. The molecule has 2 amide bonds. The lowest BCUT2D eigenvalue weighted by molar-refractivity contribution is -0.384. The molecule has 0 radical (unpaired) electrons. The number of rotatable bonds is 9. The lowest BCUT2D eigenvalue weighted by atomic mass is 10.2. The number of carbonyl (C=O) groups is 2. The molecule has 4 rings (SSSR count). The number of hydrogen-bond donors (Lipinski definition) is 2. The fourth-order valence-corrected chi connectivity index (χ4v) is 5.20. The Morgan fingerprint density at radius 3 is 2.49 bits per heavy atom. The van der Waals surface area contributed by atoms with E-state index in [0.717, 1.165) is 16.2 Å². The molecule has 8 nitrogen and oxygen atoms in total. The van der Waals surface area contributed by atoms with Crippen molar-refractivity contribution in [3.05, 3.63) is 98.9 Å². The van der Waals surface area contributed by atoms with Crippen LogP contribution >= 0.6 is 34.7 Å². The first-order valence-electron chi connectivity index (χ1n) is 11.2. The smallest absolute Gasteiger partial charge is 0.269 e. The van der Waals surface area contributed by atoms with E-state index in [1.807, 2.05) is 30.5 Å². The van der Waals surface area contributed by atoms with Gasteiger partial charge in [-0.2, -0.15) is 0 Å². The van der Waals surface area contributed by atoms with Crippen molar-refractivity contribution < 1.29 is 14.5 Å². The number of carbonyl (C=O) groups excluding carboxylic acids is 2. The van der Waals surface area contributed by atoms with Crippen molar-refractivity contribution in [2.45, 2.75) is 23.5 Å². The Kier molecular flexibility index (Phi) is 8.54. The number of nitro groups is 1. The summed E-state index contributed by atoms with van der Waals surface area (Å²) >= 11 is 8.69. The minimum atomic E-state index is -0.518. The van der Waals surface area contributed by atoms with Crippen LogP contribution in [0.2, 0.25) is 5.02 Å². The summed E-state index contributed by atoms with van der Waals surface area (Å²) in [5, 5.41) is 19.2. The van der Waals surface area contributed by atoms with Gasteiger partial charge in [0.05, 0.1) is 15.9 Å². The molecule has 0 spiro atoms. The summed E-state index contributed by atoms with van der Waals surface area (Å²) in [7, 11) is 0. The van der Waals surface area contributed by atoms with Crippen molar-refractivity contribution in [1.29, 1.82) is 0 Å². The summed E-state index contributed by atoms with van der Waals surface area (Å²) in [6, 6.07) is 19.9. The summed E-state index contributed by atoms with van der Waals surface area (Å²) in [4.78, 5) is 41.1. The number of halogens is 1. The average molecular weight is 553 g/mol. The molecule has 0 fully saturated rings. The van der Waals surface area contributed by atoms with E-state index in [-0.39, 0.29) is 22.8 Å². The fraction of sp³-hybridized carbons (Fsp3) is 0.115. The third kappa shape index (κ3) is 6.94. The van der Waals surface area contributed by atoms with Crippen molar-refractivity contribution in [3.63, 3.8) is 0 Å². The van der Waals surface area contributed by atoms with Gasteiger partial charge in [0.2, 0.25) is 5.91 Å². The van der Waals surface area contributed by atoms with Crippen LogP contribution < -0.4 is 10.6 Å². The number of anilines is 2. The Hall–Kier alpha value is -3.73. The van der Waals surface area contributed by atoms with E-state index in [9.17, 15) is 19.7 Å². The van der Waals surface area contributed by atoms with Crippen molar-refractivity contribution in [3.8, 4) is 11.3 Å². The third-order valence-electron chi connectivity index (χ3n) is 5.25. The van der Waals surface area contributed by atoms with Gasteiger partial charge in [-0.05, 0) is 48.9 Å². The second kappa shape index (κ2) is 12.0. The molecule has 37 heavy (non-hydrogen) atoms. The first-order chi connectivity index (χ1) is 17.8. The number of hydrogen-bond acceptors (Lipinski definition) is 7. The number of non-ortho nitro benzene ring substituents is 1. The molecule has 1 unspecified atom stereocenters. The molecule has 3 aromatic carbocycles. The van der Waals surface area contributed by atoms with Crippen molar-refractivity contribution in [2.24, 2.45) is 0 Å². The molecular weight excluding hydrogens is 532 g/mol. The Labute approximate surface area is 226 Å². The van der Waals surface area contributed by atoms with E-state index in [4.69, 9.17) is 11.6 Å². The van der Waals surface area contributed by atoms with Crippen LogP contribution in [0, 0.1) is 10.1 Å². The van der Waals surface area contributed by atoms with Gasteiger partial charge >= 0.3 is 0 Å². The van der Waals surface area contributed by atoms with Crippen molar-refractivity contribution in [2.75, 3.05) is 10.6 Å². The van der Waals surface area contributed by atoms with Crippen LogP contribution in [-0.2, 0) is 4.79 Å². The van der Waals surface area contributed by atoms with Gasteiger partial charge in [-0.15, -0.1) is 23.1 Å². The molecule has 0 aliphatic rings.